The number of carbonyl (C=O) groups is 1. The molecule has 0 amide bonds. The second-order valence-electron chi connectivity index (χ2n) is 2.73. The number of rotatable bonds is 3. The van der Waals surface area contributed by atoms with Gasteiger partial charge in [-0.25, -0.2) is 13.8 Å². The third-order valence-corrected chi connectivity index (χ3v) is 1.99. The van der Waals surface area contributed by atoms with Gasteiger partial charge in [-0.1, -0.05) is 0 Å². The first kappa shape index (κ1) is 12.9. The van der Waals surface area contributed by atoms with E-state index in [1.807, 2.05) is 0 Å². The van der Waals surface area contributed by atoms with E-state index in [9.17, 15) is 23.7 Å². The first-order valence-corrected chi connectivity index (χ1v) is 4.33. The molecule has 0 aliphatic carbocycles. The lowest BCUT2D eigenvalue weighted by Gasteiger charge is -2.05. The highest BCUT2D eigenvalue weighted by Gasteiger charge is 2.31. The molecule has 1 aromatic heterocycles. The molecular weight excluding hydrogens is 260 g/mol. The minimum Gasteiger partial charge on any atom is -0.275 e. The SMILES string of the molecule is N#Cc1ncc(C(F)F)c(C(=O)Cl)c1[N+](=O)[O-]. The average Bonchev–Trinajstić information content (AvgIpc) is 2.26. The van der Waals surface area contributed by atoms with Gasteiger partial charge in [0.2, 0.25) is 5.69 Å². The first-order chi connectivity index (χ1) is 7.90. The Morgan fingerprint density at radius 2 is 2.24 bits per heavy atom. The Morgan fingerprint density at radius 3 is 2.59 bits per heavy atom. The van der Waals surface area contributed by atoms with Crippen LogP contribution in [0.5, 0.6) is 0 Å². The molecule has 1 rings (SSSR count). The van der Waals surface area contributed by atoms with Gasteiger partial charge in [-0.15, -0.1) is 0 Å². The van der Waals surface area contributed by atoms with E-state index in [2.05, 4.69) is 4.98 Å². The number of nitro groups is 1. The van der Waals surface area contributed by atoms with Crippen molar-refractivity contribution in [3.8, 4) is 6.07 Å². The van der Waals surface area contributed by atoms with Crippen molar-refractivity contribution in [2.24, 2.45) is 0 Å². The van der Waals surface area contributed by atoms with Crippen LogP contribution in [0.15, 0.2) is 6.20 Å². The highest BCUT2D eigenvalue weighted by Crippen LogP contribution is 2.32. The van der Waals surface area contributed by atoms with Crippen molar-refractivity contribution in [3.63, 3.8) is 0 Å². The molecule has 0 fully saturated rings. The van der Waals surface area contributed by atoms with Gasteiger partial charge < -0.3 is 0 Å². The van der Waals surface area contributed by atoms with Crippen LogP contribution in [0.2, 0.25) is 0 Å². The molecule has 0 unspecified atom stereocenters. The number of alkyl halides is 2. The number of hydrogen-bond acceptors (Lipinski definition) is 5. The quantitative estimate of drug-likeness (QED) is 0.472. The van der Waals surface area contributed by atoms with E-state index in [0.717, 1.165) is 0 Å². The second kappa shape index (κ2) is 4.80. The lowest BCUT2D eigenvalue weighted by molar-refractivity contribution is -0.385. The molecule has 9 heteroatoms. The summed E-state index contributed by atoms with van der Waals surface area (Å²) < 4.78 is 25.0. The summed E-state index contributed by atoms with van der Waals surface area (Å²) in [5.74, 6) is 0. The second-order valence-corrected chi connectivity index (χ2v) is 3.07. The maximum absolute atomic E-state index is 12.5. The zero-order valence-corrected chi connectivity index (χ0v) is 8.61. The van der Waals surface area contributed by atoms with Gasteiger partial charge >= 0.3 is 5.69 Å². The molecule has 6 nitrogen and oxygen atoms in total. The van der Waals surface area contributed by atoms with Crippen molar-refractivity contribution < 1.29 is 18.5 Å². The Balaban J connectivity index is 3.73. The monoisotopic (exact) mass is 261 g/mol. The third kappa shape index (κ3) is 2.34. The smallest absolute Gasteiger partial charge is 0.275 e. The zero-order chi connectivity index (χ0) is 13.2. The Kier molecular flexibility index (Phi) is 3.65. The largest absolute Gasteiger partial charge is 0.318 e. The molecule has 0 saturated heterocycles. The van der Waals surface area contributed by atoms with E-state index in [0.29, 0.717) is 6.20 Å². The maximum Gasteiger partial charge on any atom is 0.318 e. The van der Waals surface area contributed by atoms with Gasteiger partial charge in [0.1, 0.15) is 11.6 Å². The molecule has 0 bridgehead atoms. The molecule has 17 heavy (non-hydrogen) atoms. The molecule has 0 spiro atoms. The molecule has 88 valence electrons. The van der Waals surface area contributed by atoms with E-state index in [4.69, 9.17) is 16.9 Å². The van der Waals surface area contributed by atoms with Crippen molar-refractivity contribution in [1.29, 1.82) is 5.26 Å². The molecule has 0 aromatic carbocycles. The van der Waals surface area contributed by atoms with E-state index in [-0.39, 0.29) is 0 Å². The van der Waals surface area contributed by atoms with E-state index in [1.54, 1.807) is 0 Å². The van der Waals surface area contributed by atoms with Crippen molar-refractivity contribution in [1.82, 2.24) is 4.98 Å². The van der Waals surface area contributed by atoms with Crippen LogP contribution in [0.4, 0.5) is 14.5 Å². The molecular formula is C8H2ClF2N3O3. The van der Waals surface area contributed by atoms with Crippen LogP contribution in [-0.2, 0) is 0 Å². The van der Waals surface area contributed by atoms with Crippen molar-refractivity contribution in [2.45, 2.75) is 6.43 Å². The van der Waals surface area contributed by atoms with Crippen LogP contribution in [-0.4, -0.2) is 15.1 Å². The minimum atomic E-state index is -3.16. The Labute approximate surface area is 97.6 Å². The Hall–Kier alpha value is -2.14. The van der Waals surface area contributed by atoms with Gasteiger partial charge in [-0.3, -0.25) is 14.9 Å². The standard InChI is InChI=1S/C8H2ClF2N3O3/c9-7(15)5-3(8(10)11)2-13-4(1-12)6(5)14(16)17/h2,8H. The van der Waals surface area contributed by atoms with Crippen molar-refractivity contribution in [2.75, 3.05) is 0 Å². The highest BCUT2D eigenvalue weighted by atomic mass is 35.5. The van der Waals surface area contributed by atoms with Gasteiger partial charge in [0, 0.05) is 6.20 Å². The zero-order valence-electron chi connectivity index (χ0n) is 7.85. The Bertz CT molecular complexity index is 542. The summed E-state index contributed by atoms with van der Waals surface area (Å²) in [5, 5.41) is 17.7. The van der Waals surface area contributed by atoms with E-state index >= 15 is 0 Å². The minimum absolute atomic E-state index is 0.520. The van der Waals surface area contributed by atoms with Crippen LogP contribution in [0.1, 0.15) is 28.0 Å². The normalized spacial score (nSPS) is 10.1. The molecule has 0 radical (unpaired) electrons. The van der Waals surface area contributed by atoms with Gasteiger partial charge in [-0.05, 0) is 11.6 Å². The summed E-state index contributed by atoms with van der Waals surface area (Å²) >= 11 is 5.02. The van der Waals surface area contributed by atoms with Crippen LogP contribution in [0, 0.1) is 21.4 Å². The van der Waals surface area contributed by atoms with Gasteiger partial charge in [0.25, 0.3) is 11.7 Å². The fourth-order valence-electron chi connectivity index (χ4n) is 1.15. The number of nitriles is 1. The lowest BCUT2D eigenvalue weighted by atomic mass is 10.1. The first-order valence-electron chi connectivity index (χ1n) is 3.95. The number of hydrogen-bond donors (Lipinski definition) is 0. The summed E-state index contributed by atoms with van der Waals surface area (Å²) in [6.45, 7) is 0. The van der Waals surface area contributed by atoms with E-state index in [1.165, 1.54) is 6.07 Å². The molecule has 1 heterocycles. The van der Waals surface area contributed by atoms with Gasteiger partial charge in [0.05, 0.1) is 10.5 Å². The third-order valence-electron chi connectivity index (χ3n) is 1.80. The molecule has 0 aliphatic heterocycles. The van der Waals surface area contributed by atoms with Crippen LogP contribution in [0.25, 0.3) is 0 Å². The predicted molar refractivity (Wildman–Crippen MR) is 50.7 cm³/mol. The summed E-state index contributed by atoms with van der Waals surface area (Å²) in [4.78, 5) is 23.6. The topological polar surface area (TPSA) is 96.9 Å². The maximum atomic E-state index is 12.5. The summed E-state index contributed by atoms with van der Waals surface area (Å²) in [7, 11) is 0. The number of nitrogens with zero attached hydrogens (tertiary/aromatic N) is 3. The molecule has 0 saturated carbocycles. The highest BCUT2D eigenvalue weighted by molar-refractivity contribution is 6.68. The van der Waals surface area contributed by atoms with Crippen molar-refractivity contribution >= 4 is 22.5 Å². The number of halogens is 3. The summed E-state index contributed by atoms with van der Waals surface area (Å²) in [6, 6.07) is 1.33. The average molecular weight is 262 g/mol. The Morgan fingerprint density at radius 1 is 1.65 bits per heavy atom. The van der Waals surface area contributed by atoms with Crippen molar-refractivity contribution in [3.05, 3.63) is 33.1 Å². The predicted octanol–water partition coefficient (Wildman–Crippen LogP) is 2.18. The summed E-state index contributed by atoms with van der Waals surface area (Å²) in [6.07, 6.45) is -2.64. The fourth-order valence-corrected chi connectivity index (χ4v) is 1.35. The molecule has 1 aromatic rings. The van der Waals surface area contributed by atoms with Crippen LogP contribution >= 0.6 is 11.6 Å². The summed E-state index contributed by atoms with van der Waals surface area (Å²) in [5.41, 5.74) is -3.83. The van der Waals surface area contributed by atoms with E-state index < -0.39 is 39.1 Å². The molecule has 0 N–H and O–H groups in total. The molecule has 0 aliphatic rings. The number of pyridine rings is 1. The number of aromatic nitrogens is 1. The van der Waals surface area contributed by atoms with Crippen LogP contribution in [0.3, 0.4) is 0 Å². The number of carbonyl (C=O) groups excluding carboxylic acids is 1. The van der Waals surface area contributed by atoms with Crippen LogP contribution < -0.4 is 0 Å². The van der Waals surface area contributed by atoms with Gasteiger partial charge in [0.15, 0.2) is 0 Å². The van der Waals surface area contributed by atoms with Gasteiger partial charge in [-0.2, -0.15) is 5.26 Å². The fraction of sp³-hybridized carbons (Fsp3) is 0.125. The lowest BCUT2D eigenvalue weighted by Crippen LogP contribution is -2.08. The molecule has 0 atom stereocenters.